The topological polar surface area (TPSA) is 90.4 Å². The maximum atomic E-state index is 11.9. The van der Waals surface area contributed by atoms with Crippen LogP contribution in [0.1, 0.15) is 5.56 Å². The van der Waals surface area contributed by atoms with Gasteiger partial charge in [-0.15, -0.1) is 0 Å². The lowest BCUT2D eigenvalue weighted by atomic mass is 10.1. The number of benzene rings is 1. The second kappa shape index (κ2) is 5.65. The molecule has 0 aromatic heterocycles. The van der Waals surface area contributed by atoms with Gasteiger partial charge in [-0.3, -0.25) is 16.0 Å². The third kappa shape index (κ3) is 3.86. The number of nitro groups is 1. The van der Waals surface area contributed by atoms with E-state index in [-0.39, 0.29) is 16.9 Å². The van der Waals surface area contributed by atoms with Crippen LogP contribution in [0.25, 0.3) is 0 Å². The number of hydrogen-bond acceptors (Lipinski definition) is 5. The van der Waals surface area contributed by atoms with Gasteiger partial charge in [-0.25, -0.2) is 0 Å². The Kier molecular flexibility index (Phi) is 4.45. The van der Waals surface area contributed by atoms with Crippen LogP contribution in [-0.4, -0.2) is 17.7 Å². The Hall–Kier alpha value is -1.87. The Morgan fingerprint density at radius 2 is 2.11 bits per heavy atom. The monoisotopic (exact) mass is 265 g/mol. The molecule has 6 nitrogen and oxygen atoms in total. The molecule has 100 valence electrons. The van der Waals surface area contributed by atoms with Gasteiger partial charge in [0.25, 0.3) is 5.69 Å². The zero-order valence-corrected chi connectivity index (χ0v) is 9.03. The average Bonchev–Trinajstić information content (AvgIpc) is 2.26. The van der Waals surface area contributed by atoms with Crippen molar-refractivity contribution in [3.8, 4) is 0 Å². The molecule has 1 aromatic rings. The summed E-state index contributed by atoms with van der Waals surface area (Å²) in [6, 6.07) is 3.91. The molecule has 18 heavy (non-hydrogen) atoms. The molecule has 0 atom stereocenters. The minimum absolute atomic E-state index is 0.0651. The van der Waals surface area contributed by atoms with Gasteiger partial charge in [0.1, 0.15) is 12.3 Å². The van der Waals surface area contributed by atoms with Crippen LogP contribution < -0.4 is 11.3 Å². The van der Waals surface area contributed by atoms with Gasteiger partial charge in [-0.1, -0.05) is 12.1 Å². The Bertz CT molecular complexity index is 437. The average molecular weight is 265 g/mol. The Labute approximate surface area is 99.6 Å². The fourth-order valence-corrected chi connectivity index (χ4v) is 1.30. The lowest BCUT2D eigenvalue weighted by Crippen LogP contribution is -2.18. The van der Waals surface area contributed by atoms with Crippen molar-refractivity contribution in [3.63, 3.8) is 0 Å². The lowest BCUT2D eigenvalue weighted by Gasteiger charge is -2.11. The molecule has 1 rings (SSSR count). The Morgan fingerprint density at radius 1 is 1.44 bits per heavy atom. The molecule has 9 heteroatoms. The molecule has 0 aliphatic rings. The van der Waals surface area contributed by atoms with Crippen molar-refractivity contribution in [1.29, 1.82) is 0 Å². The molecule has 0 aliphatic heterocycles. The first-order valence-electron chi connectivity index (χ1n) is 4.72. The van der Waals surface area contributed by atoms with Gasteiger partial charge < -0.3 is 10.2 Å². The molecule has 0 aliphatic carbocycles. The molecule has 0 amide bonds. The lowest BCUT2D eigenvalue weighted by molar-refractivity contribution is -0.384. The molecule has 3 N–H and O–H groups in total. The second-order valence-electron chi connectivity index (χ2n) is 3.32. The van der Waals surface area contributed by atoms with Crippen LogP contribution >= 0.6 is 0 Å². The summed E-state index contributed by atoms with van der Waals surface area (Å²) >= 11 is 0. The van der Waals surface area contributed by atoms with E-state index >= 15 is 0 Å². The molecular weight excluding hydrogens is 255 g/mol. The molecule has 0 fully saturated rings. The van der Waals surface area contributed by atoms with Gasteiger partial charge in [0, 0.05) is 11.6 Å². The highest BCUT2D eigenvalue weighted by Gasteiger charge is 2.27. The van der Waals surface area contributed by atoms with E-state index in [0.717, 1.165) is 0 Å². The molecule has 0 unspecified atom stereocenters. The van der Waals surface area contributed by atoms with Gasteiger partial charge in [-0.05, 0) is 0 Å². The minimum atomic E-state index is -4.45. The van der Waals surface area contributed by atoms with E-state index in [4.69, 9.17) is 5.84 Å². The van der Waals surface area contributed by atoms with E-state index in [1.165, 1.54) is 18.2 Å². The number of hydrazine groups is 1. The molecule has 0 radical (unpaired) electrons. The smallest absolute Gasteiger partial charge is 0.367 e. The van der Waals surface area contributed by atoms with Gasteiger partial charge >= 0.3 is 6.18 Å². The standard InChI is InChI=1S/C9H10F3N3O3/c10-9(11,12)5-18-4-6-2-1-3-7(15(16)17)8(6)14-13/h1-3,14H,4-5,13H2. The fourth-order valence-electron chi connectivity index (χ4n) is 1.30. The van der Waals surface area contributed by atoms with Crippen LogP contribution in [0.15, 0.2) is 18.2 Å². The quantitative estimate of drug-likeness (QED) is 0.482. The number of ether oxygens (including phenoxy) is 1. The first kappa shape index (κ1) is 14.2. The van der Waals surface area contributed by atoms with Gasteiger partial charge in [0.05, 0.1) is 11.5 Å². The van der Waals surface area contributed by atoms with Crippen molar-refractivity contribution >= 4 is 11.4 Å². The predicted molar refractivity (Wildman–Crippen MR) is 56.6 cm³/mol. The van der Waals surface area contributed by atoms with E-state index in [2.05, 4.69) is 10.2 Å². The zero-order chi connectivity index (χ0) is 13.8. The van der Waals surface area contributed by atoms with Crippen LogP contribution in [0.5, 0.6) is 0 Å². The van der Waals surface area contributed by atoms with E-state index in [1.807, 2.05) is 0 Å². The molecule has 0 heterocycles. The second-order valence-corrected chi connectivity index (χ2v) is 3.32. The van der Waals surface area contributed by atoms with E-state index < -0.39 is 24.3 Å². The maximum Gasteiger partial charge on any atom is 0.411 e. The number of hydrogen-bond donors (Lipinski definition) is 2. The van der Waals surface area contributed by atoms with Gasteiger partial charge in [0.2, 0.25) is 0 Å². The fraction of sp³-hybridized carbons (Fsp3) is 0.333. The number of halogens is 3. The van der Waals surface area contributed by atoms with Crippen molar-refractivity contribution in [2.24, 2.45) is 5.84 Å². The number of nitro benzene ring substituents is 1. The van der Waals surface area contributed by atoms with Crippen molar-refractivity contribution in [3.05, 3.63) is 33.9 Å². The van der Waals surface area contributed by atoms with Gasteiger partial charge in [0.15, 0.2) is 0 Å². The number of rotatable bonds is 5. The molecule has 0 saturated carbocycles. The van der Waals surface area contributed by atoms with E-state index in [0.29, 0.717) is 0 Å². The van der Waals surface area contributed by atoms with Crippen LogP contribution in [0, 0.1) is 10.1 Å². The van der Waals surface area contributed by atoms with Crippen molar-refractivity contribution < 1.29 is 22.8 Å². The normalized spacial score (nSPS) is 11.3. The molecule has 0 bridgehead atoms. The molecular formula is C9H10F3N3O3. The highest BCUT2D eigenvalue weighted by Crippen LogP contribution is 2.28. The molecule has 1 aromatic carbocycles. The summed E-state index contributed by atoms with van der Waals surface area (Å²) in [6.45, 7) is -1.86. The first-order chi connectivity index (χ1) is 8.35. The number of nitrogen functional groups attached to an aromatic ring is 1. The molecule has 0 spiro atoms. The predicted octanol–water partition coefficient (Wildman–Crippen LogP) is 1.96. The minimum Gasteiger partial charge on any atom is -0.367 e. The van der Waals surface area contributed by atoms with Crippen LogP contribution in [-0.2, 0) is 11.3 Å². The van der Waals surface area contributed by atoms with Crippen molar-refractivity contribution in [2.75, 3.05) is 12.0 Å². The van der Waals surface area contributed by atoms with Crippen LogP contribution in [0.3, 0.4) is 0 Å². The van der Waals surface area contributed by atoms with E-state index in [9.17, 15) is 23.3 Å². The number of nitrogens with zero attached hydrogens (tertiary/aromatic N) is 1. The largest absolute Gasteiger partial charge is 0.411 e. The summed E-state index contributed by atoms with van der Waals surface area (Å²) in [7, 11) is 0. The van der Waals surface area contributed by atoms with Crippen LogP contribution in [0.2, 0.25) is 0 Å². The van der Waals surface area contributed by atoms with Crippen LogP contribution in [0.4, 0.5) is 24.5 Å². The number of alkyl halides is 3. The summed E-state index contributed by atoms with van der Waals surface area (Å²) in [5.74, 6) is 5.11. The summed E-state index contributed by atoms with van der Waals surface area (Å²) in [6.07, 6.45) is -4.45. The van der Waals surface area contributed by atoms with Crippen molar-refractivity contribution in [1.82, 2.24) is 0 Å². The summed E-state index contributed by atoms with van der Waals surface area (Å²) < 4.78 is 40.0. The maximum absolute atomic E-state index is 11.9. The highest BCUT2D eigenvalue weighted by molar-refractivity contribution is 5.65. The number of para-hydroxylation sites is 1. The SMILES string of the molecule is NNc1c(COCC(F)(F)F)cccc1[N+](=O)[O-]. The zero-order valence-electron chi connectivity index (χ0n) is 9.03. The summed E-state index contributed by atoms with van der Waals surface area (Å²) in [5, 5.41) is 10.7. The Morgan fingerprint density at radius 3 is 2.61 bits per heavy atom. The van der Waals surface area contributed by atoms with Gasteiger partial charge in [-0.2, -0.15) is 13.2 Å². The third-order valence-corrected chi connectivity index (χ3v) is 1.99. The number of nitrogens with one attached hydrogen (secondary N) is 1. The first-order valence-corrected chi connectivity index (χ1v) is 4.72. The Balaban J connectivity index is 2.83. The van der Waals surface area contributed by atoms with E-state index in [1.54, 1.807) is 0 Å². The highest BCUT2D eigenvalue weighted by atomic mass is 19.4. The molecule has 0 saturated heterocycles. The number of anilines is 1. The van der Waals surface area contributed by atoms with Crippen molar-refractivity contribution in [2.45, 2.75) is 12.8 Å². The summed E-state index contributed by atoms with van der Waals surface area (Å²) in [5.41, 5.74) is 1.87. The third-order valence-electron chi connectivity index (χ3n) is 1.99. The number of nitrogens with two attached hydrogens (primary N) is 1. The summed E-state index contributed by atoms with van der Waals surface area (Å²) in [4.78, 5) is 9.96.